The van der Waals surface area contributed by atoms with Gasteiger partial charge in [0, 0.05) is 17.3 Å². The van der Waals surface area contributed by atoms with E-state index in [4.69, 9.17) is 4.74 Å². The van der Waals surface area contributed by atoms with Crippen LogP contribution in [0, 0.1) is 23.2 Å². The summed E-state index contributed by atoms with van der Waals surface area (Å²) in [6.07, 6.45) is 3.27. The fraction of sp³-hybridized carbons (Fsp3) is 0.800. The number of aliphatic hydroxyl groups is 1. The largest absolute Gasteiger partial charge is 0.461 e. The molecular weight excluding hydrogens is 228 g/mol. The maximum Gasteiger partial charge on any atom is 0.309 e. The molecule has 0 amide bonds. The molecule has 0 aromatic rings. The number of carbonyl (C=O) groups is 1. The molecule has 1 heterocycles. The number of esters is 1. The van der Waals surface area contributed by atoms with Crippen LogP contribution in [0.4, 0.5) is 0 Å². The van der Waals surface area contributed by atoms with E-state index in [1.165, 1.54) is 5.57 Å². The van der Waals surface area contributed by atoms with Crippen LogP contribution in [0.1, 0.15) is 39.5 Å². The summed E-state index contributed by atoms with van der Waals surface area (Å²) in [7, 11) is 0. The van der Waals surface area contributed by atoms with Crippen LogP contribution >= 0.6 is 0 Å². The fourth-order valence-electron chi connectivity index (χ4n) is 4.41. The van der Waals surface area contributed by atoms with E-state index in [0.29, 0.717) is 5.92 Å². The van der Waals surface area contributed by atoms with Crippen molar-refractivity contribution in [2.24, 2.45) is 23.2 Å². The third-order valence-electron chi connectivity index (χ3n) is 5.68. The van der Waals surface area contributed by atoms with Gasteiger partial charge in [-0.3, -0.25) is 4.79 Å². The van der Waals surface area contributed by atoms with Gasteiger partial charge in [0.15, 0.2) is 0 Å². The number of rotatable bonds is 0. The molecule has 3 heteroatoms. The second-order valence-corrected chi connectivity index (χ2v) is 6.59. The average molecular weight is 250 g/mol. The zero-order chi connectivity index (χ0) is 13.1. The first kappa shape index (κ1) is 12.2. The van der Waals surface area contributed by atoms with Crippen molar-refractivity contribution >= 4 is 5.97 Å². The molecule has 3 aliphatic rings. The molecule has 0 aromatic heterocycles. The van der Waals surface area contributed by atoms with Crippen molar-refractivity contribution < 1.29 is 14.6 Å². The molecule has 3 rings (SSSR count). The van der Waals surface area contributed by atoms with Gasteiger partial charge in [-0.25, -0.2) is 0 Å². The first-order valence-electron chi connectivity index (χ1n) is 7.01. The summed E-state index contributed by atoms with van der Waals surface area (Å²) in [4.78, 5) is 11.8. The maximum absolute atomic E-state index is 11.8. The lowest BCUT2D eigenvalue weighted by atomic mass is 9.54. The highest BCUT2D eigenvalue weighted by Gasteiger charge is 2.58. The summed E-state index contributed by atoms with van der Waals surface area (Å²) in [5.74, 6) is 0.403. The molecule has 100 valence electrons. The van der Waals surface area contributed by atoms with Gasteiger partial charge in [-0.2, -0.15) is 0 Å². The molecule has 2 aliphatic carbocycles. The van der Waals surface area contributed by atoms with Gasteiger partial charge in [-0.05, 0) is 25.7 Å². The van der Waals surface area contributed by atoms with Gasteiger partial charge in [0.05, 0.1) is 12.0 Å². The summed E-state index contributed by atoms with van der Waals surface area (Å²) >= 11 is 0. The number of ether oxygens (including phenoxy) is 1. The summed E-state index contributed by atoms with van der Waals surface area (Å²) in [6, 6.07) is 0. The van der Waals surface area contributed by atoms with E-state index in [1.54, 1.807) is 0 Å². The Morgan fingerprint density at radius 1 is 1.44 bits per heavy atom. The van der Waals surface area contributed by atoms with Crippen molar-refractivity contribution in [3.63, 3.8) is 0 Å². The van der Waals surface area contributed by atoms with E-state index in [2.05, 4.69) is 13.5 Å². The van der Waals surface area contributed by atoms with Crippen molar-refractivity contribution in [3.05, 3.63) is 12.2 Å². The van der Waals surface area contributed by atoms with Crippen LogP contribution in [-0.4, -0.2) is 23.3 Å². The zero-order valence-electron chi connectivity index (χ0n) is 11.2. The molecule has 1 aliphatic heterocycles. The van der Waals surface area contributed by atoms with E-state index in [-0.39, 0.29) is 35.4 Å². The summed E-state index contributed by atoms with van der Waals surface area (Å²) in [6.45, 7) is 8.29. The van der Waals surface area contributed by atoms with Crippen molar-refractivity contribution in [2.75, 3.05) is 0 Å². The zero-order valence-corrected chi connectivity index (χ0v) is 11.2. The van der Waals surface area contributed by atoms with E-state index in [9.17, 15) is 9.90 Å². The second-order valence-electron chi connectivity index (χ2n) is 6.59. The number of aliphatic hydroxyl groups excluding tert-OH is 1. The highest BCUT2D eigenvalue weighted by atomic mass is 16.6. The number of fused-ring (bicyclic) bond motifs is 3. The molecule has 1 N–H and O–H groups in total. The van der Waals surface area contributed by atoms with Crippen molar-refractivity contribution in [3.8, 4) is 0 Å². The molecule has 0 bridgehead atoms. The molecule has 0 spiro atoms. The van der Waals surface area contributed by atoms with Crippen molar-refractivity contribution in [1.29, 1.82) is 0 Å². The minimum Gasteiger partial charge on any atom is -0.461 e. The molecule has 2 saturated carbocycles. The SMILES string of the molecule is C=C1CC[C@@H](O)[C@]2(C)CCC3[C@H](OC(=O)[C@H]3C)C12. The number of hydrogen-bond acceptors (Lipinski definition) is 3. The monoisotopic (exact) mass is 250 g/mol. The molecule has 18 heavy (non-hydrogen) atoms. The van der Waals surface area contributed by atoms with E-state index in [0.717, 1.165) is 25.7 Å². The molecule has 2 unspecified atom stereocenters. The van der Waals surface area contributed by atoms with Crippen LogP contribution in [0.3, 0.4) is 0 Å². The lowest BCUT2D eigenvalue weighted by Gasteiger charge is -2.52. The fourth-order valence-corrected chi connectivity index (χ4v) is 4.41. The molecule has 0 radical (unpaired) electrons. The van der Waals surface area contributed by atoms with Crippen LogP contribution in [0.5, 0.6) is 0 Å². The van der Waals surface area contributed by atoms with Gasteiger partial charge < -0.3 is 9.84 Å². The molecule has 1 saturated heterocycles. The normalized spacial score (nSPS) is 51.6. The highest BCUT2D eigenvalue weighted by Crippen LogP contribution is 2.57. The number of hydrogen-bond donors (Lipinski definition) is 1. The van der Waals surface area contributed by atoms with Gasteiger partial charge in [-0.1, -0.05) is 26.0 Å². The minimum atomic E-state index is -0.288. The summed E-state index contributed by atoms with van der Waals surface area (Å²) in [5, 5.41) is 10.4. The Kier molecular flexibility index (Phi) is 2.60. The smallest absolute Gasteiger partial charge is 0.309 e. The Balaban J connectivity index is 1.98. The van der Waals surface area contributed by atoms with Gasteiger partial charge in [0.1, 0.15) is 6.10 Å². The minimum absolute atomic E-state index is 0.00594. The number of carbonyl (C=O) groups excluding carboxylic acids is 1. The molecule has 6 atom stereocenters. The topological polar surface area (TPSA) is 46.5 Å². The Labute approximate surface area is 108 Å². The Morgan fingerprint density at radius 2 is 2.17 bits per heavy atom. The quantitative estimate of drug-likeness (QED) is 0.530. The highest BCUT2D eigenvalue weighted by molar-refractivity contribution is 5.75. The summed E-state index contributed by atoms with van der Waals surface area (Å²) in [5.41, 5.74) is 1.01. The van der Waals surface area contributed by atoms with Crippen LogP contribution in [0.15, 0.2) is 12.2 Å². The first-order chi connectivity index (χ1) is 8.45. The molecule has 3 fully saturated rings. The molecule has 3 nitrogen and oxygen atoms in total. The predicted molar refractivity (Wildman–Crippen MR) is 67.7 cm³/mol. The lowest BCUT2D eigenvalue weighted by Crippen LogP contribution is -2.53. The van der Waals surface area contributed by atoms with Crippen LogP contribution in [0.25, 0.3) is 0 Å². The standard InChI is InChI=1S/C15H22O3/c1-8-4-5-11(16)15(3)7-6-10-9(2)14(17)18-13(10)12(8)15/h9-13,16H,1,4-7H2,2-3H3/t9-,10?,11+,12?,13-,15-/m0/s1. The predicted octanol–water partition coefficient (Wildman–Crippen LogP) is 2.29. The lowest BCUT2D eigenvalue weighted by molar-refractivity contribution is -0.152. The van der Waals surface area contributed by atoms with Gasteiger partial charge in [0.25, 0.3) is 0 Å². The van der Waals surface area contributed by atoms with E-state index in [1.807, 2.05) is 6.92 Å². The van der Waals surface area contributed by atoms with E-state index < -0.39 is 0 Å². The van der Waals surface area contributed by atoms with E-state index >= 15 is 0 Å². The molecule has 0 aromatic carbocycles. The molecular formula is C15H22O3. The maximum atomic E-state index is 11.8. The van der Waals surface area contributed by atoms with Gasteiger partial charge in [-0.15, -0.1) is 0 Å². The Bertz CT molecular complexity index is 403. The third kappa shape index (κ3) is 1.43. The average Bonchev–Trinajstić information content (AvgIpc) is 2.60. The third-order valence-corrected chi connectivity index (χ3v) is 5.68. The van der Waals surface area contributed by atoms with Crippen molar-refractivity contribution in [1.82, 2.24) is 0 Å². The second kappa shape index (κ2) is 3.83. The van der Waals surface area contributed by atoms with Crippen LogP contribution in [-0.2, 0) is 9.53 Å². The summed E-state index contributed by atoms with van der Waals surface area (Å²) < 4.78 is 5.62. The van der Waals surface area contributed by atoms with Crippen molar-refractivity contribution in [2.45, 2.75) is 51.7 Å². The first-order valence-corrected chi connectivity index (χ1v) is 7.01. The van der Waals surface area contributed by atoms with Gasteiger partial charge >= 0.3 is 5.97 Å². The van der Waals surface area contributed by atoms with Crippen LogP contribution in [0.2, 0.25) is 0 Å². The van der Waals surface area contributed by atoms with Gasteiger partial charge in [0.2, 0.25) is 0 Å². The van der Waals surface area contributed by atoms with Crippen LogP contribution < -0.4 is 0 Å². The Morgan fingerprint density at radius 3 is 2.89 bits per heavy atom. The Hall–Kier alpha value is -0.830.